The molecule has 0 spiro atoms. The number of anilines is 1. The van der Waals surface area contributed by atoms with Crippen molar-refractivity contribution in [1.82, 2.24) is 4.98 Å². The number of pyridine rings is 1. The first-order valence-electron chi connectivity index (χ1n) is 6.83. The number of nitrogens with zero attached hydrogens (tertiary/aromatic N) is 2. The summed E-state index contributed by atoms with van der Waals surface area (Å²) >= 11 is 0. The minimum atomic E-state index is 0.0193. The molecule has 1 aromatic rings. The standard InChI is InChI=1S/C15H21N3/c1-4-15(3,5-2)18-14-12(10-16)9-11-7-6-8-13(11)17-14/h9H,4-8H2,1-3H3,(H,17,18). The molecular weight excluding hydrogens is 222 g/mol. The highest BCUT2D eigenvalue weighted by molar-refractivity contribution is 5.56. The van der Waals surface area contributed by atoms with Gasteiger partial charge >= 0.3 is 0 Å². The second-order valence-corrected chi connectivity index (χ2v) is 5.35. The molecule has 2 rings (SSSR count). The van der Waals surface area contributed by atoms with Crippen molar-refractivity contribution in [2.75, 3.05) is 5.32 Å². The number of nitrogens with one attached hydrogen (secondary N) is 1. The second kappa shape index (κ2) is 4.97. The lowest BCUT2D eigenvalue weighted by Gasteiger charge is -2.29. The zero-order valence-electron chi connectivity index (χ0n) is 11.5. The predicted octanol–water partition coefficient (Wildman–Crippen LogP) is 3.43. The van der Waals surface area contributed by atoms with Crippen LogP contribution in [0.25, 0.3) is 0 Å². The summed E-state index contributed by atoms with van der Waals surface area (Å²) in [6.45, 7) is 6.51. The lowest BCUT2D eigenvalue weighted by atomic mass is 9.95. The van der Waals surface area contributed by atoms with E-state index < -0.39 is 0 Å². The molecule has 3 heteroatoms. The van der Waals surface area contributed by atoms with Crippen LogP contribution in [0.2, 0.25) is 0 Å². The lowest BCUT2D eigenvalue weighted by molar-refractivity contribution is 0.476. The molecule has 0 amide bonds. The first-order chi connectivity index (χ1) is 8.61. The van der Waals surface area contributed by atoms with Crippen LogP contribution in [-0.2, 0) is 12.8 Å². The summed E-state index contributed by atoms with van der Waals surface area (Å²) in [6.07, 6.45) is 5.32. The van der Waals surface area contributed by atoms with Gasteiger partial charge in [-0.1, -0.05) is 13.8 Å². The summed E-state index contributed by atoms with van der Waals surface area (Å²) in [4.78, 5) is 4.67. The van der Waals surface area contributed by atoms with Gasteiger partial charge in [0, 0.05) is 11.2 Å². The van der Waals surface area contributed by atoms with Gasteiger partial charge in [-0.2, -0.15) is 5.26 Å². The van der Waals surface area contributed by atoms with Gasteiger partial charge < -0.3 is 5.32 Å². The van der Waals surface area contributed by atoms with Crippen molar-refractivity contribution in [3.05, 3.63) is 22.9 Å². The highest BCUT2D eigenvalue weighted by atomic mass is 15.1. The molecule has 0 radical (unpaired) electrons. The van der Waals surface area contributed by atoms with E-state index in [2.05, 4.69) is 37.1 Å². The number of hydrogen-bond donors (Lipinski definition) is 1. The Morgan fingerprint density at radius 1 is 1.39 bits per heavy atom. The summed E-state index contributed by atoms with van der Waals surface area (Å²) in [6, 6.07) is 4.29. The fourth-order valence-electron chi connectivity index (χ4n) is 2.37. The molecule has 0 saturated carbocycles. The van der Waals surface area contributed by atoms with Crippen molar-refractivity contribution >= 4 is 5.82 Å². The van der Waals surface area contributed by atoms with Crippen LogP contribution in [0, 0.1) is 11.3 Å². The van der Waals surface area contributed by atoms with E-state index in [4.69, 9.17) is 0 Å². The predicted molar refractivity (Wildman–Crippen MR) is 73.6 cm³/mol. The monoisotopic (exact) mass is 243 g/mol. The molecule has 1 N–H and O–H groups in total. The first kappa shape index (κ1) is 12.9. The summed E-state index contributed by atoms with van der Waals surface area (Å²) in [5.74, 6) is 0.768. The maximum Gasteiger partial charge on any atom is 0.144 e. The zero-order chi connectivity index (χ0) is 13.2. The Hall–Kier alpha value is -1.56. The highest BCUT2D eigenvalue weighted by Crippen LogP contribution is 2.28. The Morgan fingerprint density at radius 3 is 2.72 bits per heavy atom. The van der Waals surface area contributed by atoms with Crippen molar-refractivity contribution in [2.24, 2.45) is 0 Å². The number of rotatable bonds is 4. The molecule has 0 aromatic carbocycles. The molecule has 1 aliphatic carbocycles. The maximum atomic E-state index is 9.26. The molecule has 0 aliphatic heterocycles. The molecule has 0 atom stereocenters. The lowest BCUT2D eigenvalue weighted by Crippen LogP contribution is -2.33. The van der Waals surface area contributed by atoms with Crippen LogP contribution in [0.1, 0.15) is 56.9 Å². The summed E-state index contributed by atoms with van der Waals surface area (Å²) in [5.41, 5.74) is 3.13. The van der Waals surface area contributed by atoms with Crippen molar-refractivity contribution < 1.29 is 0 Å². The summed E-state index contributed by atoms with van der Waals surface area (Å²) in [7, 11) is 0. The van der Waals surface area contributed by atoms with Crippen LogP contribution < -0.4 is 5.32 Å². The Kier molecular flexibility index (Phi) is 3.56. The quantitative estimate of drug-likeness (QED) is 0.881. The molecular formula is C15H21N3. The maximum absolute atomic E-state index is 9.26. The van der Waals surface area contributed by atoms with E-state index in [0.29, 0.717) is 5.56 Å². The number of nitriles is 1. The molecule has 0 bridgehead atoms. The molecule has 0 saturated heterocycles. The minimum absolute atomic E-state index is 0.0193. The van der Waals surface area contributed by atoms with Crippen molar-refractivity contribution in [2.45, 2.75) is 58.4 Å². The van der Waals surface area contributed by atoms with Gasteiger partial charge in [0.25, 0.3) is 0 Å². The van der Waals surface area contributed by atoms with E-state index >= 15 is 0 Å². The zero-order valence-corrected chi connectivity index (χ0v) is 11.5. The number of aromatic nitrogens is 1. The first-order valence-corrected chi connectivity index (χ1v) is 6.83. The average Bonchev–Trinajstić information content (AvgIpc) is 2.84. The average molecular weight is 243 g/mol. The Labute approximate surface area is 109 Å². The molecule has 1 aliphatic rings. The van der Waals surface area contributed by atoms with Crippen LogP contribution in [0.15, 0.2) is 6.07 Å². The summed E-state index contributed by atoms with van der Waals surface area (Å²) in [5, 5.41) is 12.7. The van der Waals surface area contributed by atoms with Crippen LogP contribution in [0.5, 0.6) is 0 Å². The molecule has 1 aromatic heterocycles. The van der Waals surface area contributed by atoms with E-state index in [-0.39, 0.29) is 5.54 Å². The SMILES string of the molecule is CCC(C)(CC)Nc1nc2c(cc1C#N)CCC2. The van der Waals surface area contributed by atoms with Gasteiger partial charge in [-0.25, -0.2) is 4.98 Å². The third-order valence-electron chi connectivity index (χ3n) is 4.15. The topological polar surface area (TPSA) is 48.7 Å². The van der Waals surface area contributed by atoms with Crippen LogP contribution in [0.4, 0.5) is 5.82 Å². The Morgan fingerprint density at radius 2 is 2.11 bits per heavy atom. The van der Waals surface area contributed by atoms with Gasteiger partial charge in [0.05, 0.1) is 5.56 Å². The van der Waals surface area contributed by atoms with Gasteiger partial charge in [-0.15, -0.1) is 0 Å². The van der Waals surface area contributed by atoms with Crippen LogP contribution >= 0.6 is 0 Å². The molecule has 96 valence electrons. The van der Waals surface area contributed by atoms with E-state index in [1.165, 1.54) is 11.3 Å². The molecule has 0 fully saturated rings. The largest absolute Gasteiger partial charge is 0.364 e. The third kappa shape index (κ3) is 2.33. The highest BCUT2D eigenvalue weighted by Gasteiger charge is 2.23. The Balaban J connectivity index is 2.36. The van der Waals surface area contributed by atoms with E-state index in [1.807, 2.05) is 6.07 Å². The van der Waals surface area contributed by atoms with Gasteiger partial charge in [0.15, 0.2) is 0 Å². The van der Waals surface area contributed by atoms with E-state index in [1.54, 1.807) is 0 Å². The van der Waals surface area contributed by atoms with Gasteiger partial charge in [-0.3, -0.25) is 0 Å². The summed E-state index contributed by atoms with van der Waals surface area (Å²) < 4.78 is 0. The third-order valence-corrected chi connectivity index (χ3v) is 4.15. The Bertz CT molecular complexity index is 481. The minimum Gasteiger partial charge on any atom is -0.364 e. The normalized spacial score (nSPS) is 14.1. The van der Waals surface area contributed by atoms with Crippen molar-refractivity contribution in [3.63, 3.8) is 0 Å². The van der Waals surface area contributed by atoms with Gasteiger partial charge in [0.1, 0.15) is 11.9 Å². The van der Waals surface area contributed by atoms with Crippen molar-refractivity contribution in [3.8, 4) is 6.07 Å². The molecule has 18 heavy (non-hydrogen) atoms. The smallest absolute Gasteiger partial charge is 0.144 e. The van der Waals surface area contributed by atoms with Crippen LogP contribution in [0.3, 0.4) is 0 Å². The fraction of sp³-hybridized carbons (Fsp3) is 0.600. The molecule has 0 unspecified atom stereocenters. The van der Waals surface area contributed by atoms with Gasteiger partial charge in [0.2, 0.25) is 0 Å². The molecule has 3 nitrogen and oxygen atoms in total. The number of fused-ring (bicyclic) bond motifs is 1. The number of hydrogen-bond acceptors (Lipinski definition) is 3. The van der Waals surface area contributed by atoms with Crippen LogP contribution in [-0.4, -0.2) is 10.5 Å². The molecule has 1 heterocycles. The fourth-order valence-corrected chi connectivity index (χ4v) is 2.37. The number of aryl methyl sites for hydroxylation is 2. The van der Waals surface area contributed by atoms with Crippen molar-refractivity contribution in [1.29, 1.82) is 5.26 Å². The van der Waals surface area contributed by atoms with E-state index in [9.17, 15) is 5.26 Å². The second-order valence-electron chi connectivity index (χ2n) is 5.35. The van der Waals surface area contributed by atoms with E-state index in [0.717, 1.165) is 37.9 Å². The van der Waals surface area contributed by atoms with Gasteiger partial charge in [-0.05, 0) is 50.7 Å².